The molecule has 4 rings (SSSR count). The van der Waals surface area contributed by atoms with E-state index in [1.165, 1.54) is 19.1 Å². The zero-order valence-corrected chi connectivity index (χ0v) is 19.9. The first-order chi connectivity index (χ1) is 17.8. The number of allylic oxidation sites excluding steroid dienone is 4. The van der Waals surface area contributed by atoms with Crippen molar-refractivity contribution in [3.63, 3.8) is 0 Å². The minimum Gasteiger partial charge on any atom is -0.258 e. The first-order valence-electron chi connectivity index (χ1n) is 10.6. The van der Waals surface area contributed by atoms with Crippen molar-refractivity contribution in [2.24, 2.45) is 0 Å². The van der Waals surface area contributed by atoms with E-state index in [4.69, 9.17) is 0 Å². The number of nitro benzene ring substituents is 1. The largest absolute Gasteiger partial charge is 0.380 e. The third-order valence-electron chi connectivity index (χ3n) is 6.00. The van der Waals surface area contributed by atoms with E-state index in [2.05, 4.69) is 0 Å². The predicted molar refractivity (Wildman–Crippen MR) is 127 cm³/mol. The van der Waals surface area contributed by atoms with Gasteiger partial charge in [0, 0.05) is 38.6 Å². The third-order valence-corrected chi connectivity index (χ3v) is 7.10. The van der Waals surface area contributed by atoms with Crippen molar-refractivity contribution in [3.8, 4) is 22.6 Å². The van der Waals surface area contributed by atoms with Crippen molar-refractivity contribution >= 4 is 28.2 Å². The topological polar surface area (TPSA) is 90.7 Å². The highest BCUT2D eigenvalue weighted by Crippen LogP contribution is 2.65. The van der Waals surface area contributed by atoms with Crippen molar-refractivity contribution < 1.29 is 31.3 Å². The lowest BCUT2D eigenvalue weighted by atomic mass is 9.87. The molecule has 1 aliphatic carbocycles. The highest BCUT2D eigenvalue weighted by atomic mass is 32.1. The number of alkyl halides is 6. The Morgan fingerprint density at radius 2 is 1.50 bits per heavy atom. The molecule has 1 heterocycles. The lowest BCUT2D eigenvalue weighted by Crippen LogP contribution is -2.49. The van der Waals surface area contributed by atoms with Crippen LogP contribution in [0.2, 0.25) is 0 Å². The van der Waals surface area contributed by atoms with E-state index >= 15 is 17.6 Å². The van der Waals surface area contributed by atoms with Gasteiger partial charge in [-0.15, -0.1) is 11.3 Å². The molecule has 1 aromatic heterocycles. The molecule has 0 atom stereocenters. The summed E-state index contributed by atoms with van der Waals surface area (Å²) in [5.74, 6) is -16.9. The molecule has 0 amide bonds. The molecule has 0 radical (unpaired) electrons. The number of benzene rings is 2. The van der Waals surface area contributed by atoms with Crippen LogP contribution in [0.3, 0.4) is 0 Å². The molecule has 0 aliphatic heterocycles. The van der Waals surface area contributed by atoms with E-state index in [0.29, 0.717) is 10.4 Å². The lowest BCUT2D eigenvalue weighted by molar-refractivity contribution is -0.384. The van der Waals surface area contributed by atoms with Crippen LogP contribution in [0, 0.1) is 39.7 Å². The summed E-state index contributed by atoms with van der Waals surface area (Å²) >= 11 is 0.912. The molecule has 0 saturated carbocycles. The molecule has 0 bridgehead atoms. The summed E-state index contributed by atoms with van der Waals surface area (Å²) < 4.78 is 91.2. The number of nitro groups is 1. The van der Waals surface area contributed by atoms with Gasteiger partial charge in [-0.05, 0) is 41.8 Å². The summed E-state index contributed by atoms with van der Waals surface area (Å²) in [7, 11) is 0. The van der Waals surface area contributed by atoms with Gasteiger partial charge in [-0.3, -0.25) is 10.1 Å². The molecule has 3 aromatic rings. The van der Waals surface area contributed by atoms with E-state index in [1.54, 1.807) is 30.3 Å². The summed E-state index contributed by atoms with van der Waals surface area (Å²) in [6, 6.07) is 15.2. The Hall–Kier alpha value is -4.42. The molecule has 12 heteroatoms. The Balaban J connectivity index is 2.13. The summed E-state index contributed by atoms with van der Waals surface area (Å²) in [6.45, 7) is 1.30. The van der Waals surface area contributed by atoms with Crippen molar-refractivity contribution in [1.29, 1.82) is 10.5 Å². The van der Waals surface area contributed by atoms with Crippen LogP contribution in [-0.2, 0) is 0 Å². The fourth-order valence-electron chi connectivity index (χ4n) is 4.19. The van der Waals surface area contributed by atoms with Crippen LogP contribution in [0.25, 0.3) is 21.6 Å². The number of nitrogens with zero attached hydrogens (tertiary/aromatic N) is 3. The van der Waals surface area contributed by atoms with Crippen molar-refractivity contribution in [1.82, 2.24) is 0 Å². The number of rotatable bonds is 5. The Morgan fingerprint density at radius 3 is 2.03 bits per heavy atom. The smallest absolute Gasteiger partial charge is 0.258 e. The van der Waals surface area contributed by atoms with Crippen LogP contribution in [0.15, 0.2) is 71.8 Å². The fraction of sp³-hybridized carbons (Fsp3) is 0.154. The highest BCUT2D eigenvalue weighted by molar-refractivity contribution is 7.15. The maximum absolute atomic E-state index is 15.4. The SMILES string of the molecule is Cc1sc(-c2ccccc2)cc1C1=C(C(=C(C#N)C#N)c2ccc([N+](=O)[O-])cc2)C(F)(F)C(F)(F)C1(F)F. The van der Waals surface area contributed by atoms with Gasteiger partial charge in [-0.1, -0.05) is 30.3 Å². The zero-order chi connectivity index (χ0) is 28.0. The minimum absolute atomic E-state index is 0.0167. The minimum atomic E-state index is -5.92. The van der Waals surface area contributed by atoms with Gasteiger partial charge in [0.05, 0.1) is 4.92 Å². The molecule has 192 valence electrons. The normalized spacial score (nSPS) is 17.0. The number of nitriles is 2. The van der Waals surface area contributed by atoms with Crippen LogP contribution in [0.4, 0.5) is 32.0 Å². The van der Waals surface area contributed by atoms with Crippen LogP contribution in [0.5, 0.6) is 0 Å². The van der Waals surface area contributed by atoms with Crippen LogP contribution < -0.4 is 0 Å². The van der Waals surface area contributed by atoms with Gasteiger partial charge in [0.15, 0.2) is 0 Å². The summed E-state index contributed by atoms with van der Waals surface area (Å²) in [5.41, 5.74) is -7.03. The van der Waals surface area contributed by atoms with Crippen LogP contribution in [0.1, 0.15) is 16.0 Å². The molecule has 0 saturated heterocycles. The molecule has 1 aliphatic rings. The van der Waals surface area contributed by atoms with Gasteiger partial charge >= 0.3 is 17.8 Å². The van der Waals surface area contributed by atoms with Gasteiger partial charge < -0.3 is 0 Å². The van der Waals surface area contributed by atoms with Gasteiger partial charge in [-0.25, -0.2) is 0 Å². The number of aryl methyl sites for hydroxylation is 1. The third kappa shape index (κ3) is 3.85. The molecule has 0 fully saturated rings. The van der Waals surface area contributed by atoms with E-state index in [-0.39, 0.29) is 4.88 Å². The van der Waals surface area contributed by atoms with Gasteiger partial charge in [0.25, 0.3) is 5.69 Å². The maximum atomic E-state index is 15.4. The molecule has 0 spiro atoms. The fourth-order valence-corrected chi connectivity index (χ4v) is 5.22. The predicted octanol–water partition coefficient (Wildman–Crippen LogP) is 7.81. The Labute approximate surface area is 215 Å². The first kappa shape index (κ1) is 26.6. The maximum Gasteiger partial charge on any atom is 0.380 e. The van der Waals surface area contributed by atoms with Crippen LogP contribution >= 0.6 is 11.3 Å². The van der Waals surface area contributed by atoms with E-state index in [9.17, 15) is 29.4 Å². The van der Waals surface area contributed by atoms with Gasteiger partial charge in [0.1, 0.15) is 17.7 Å². The quantitative estimate of drug-likeness (QED) is 0.142. The molecule has 5 nitrogen and oxygen atoms in total. The monoisotopic (exact) mass is 545 g/mol. The zero-order valence-electron chi connectivity index (χ0n) is 19.1. The second-order valence-electron chi connectivity index (χ2n) is 8.20. The second kappa shape index (κ2) is 9.15. The first-order valence-corrected chi connectivity index (χ1v) is 11.5. The van der Waals surface area contributed by atoms with Crippen molar-refractivity contribution in [2.75, 3.05) is 0 Å². The number of halogens is 6. The van der Waals surface area contributed by atoms with Crippen molar-refractivity contribution in [3.05, 3.63) is 97.9 Å². The van der Waals surface area contributed by atoms with Crippen LogP contribution in [-0.4, -0.2) is 22.7 Å². The Kier molecular flexibility index (Phi) is 6.42. The average molecular weight is 545 g/mol. The van der Waals surface area contributed by atoms with E-state index < -0.39 is 61.8 Å². The Morgan fingerprint density at radius 1 is 0.921 bits per heavy atom. The molecular weight excluding hydrogens is 532 g/mol. The molecule has 38 heavy (non-hydrogen) atoms. The number of thiophene rings is 1. The standard InChI is InChI=1S/C26H13F6N3O2S/c1-14-19(11-20(38-14)15-5-3-2-4-6-15)22-23(25(29,30)26(31,32)24(22,27)28)21(17(12-33)13-34)16-7-9-18(10-8-16)35(36)37/h2-11H,1H3. The molecule has 0 N–H and O–H groups in total. The molecule has 0 unspecified atom stereocenters. The number of hydrogen-bond acceptors (Lipinski definition) is 5. The summed E-state index contributed by atoms with van der Waals surface area (Å²) in [4.78, 5) is 10.5. The van der Waals surface area contributed by atoms with Gasteiger partial charge in [-0.2, -0.15) is 36.9 Å². The molecule has 2 aromatic carbocycles. The van der Waals surface area contributed by atoms with E-state index in [1.807, 2.05) is 0 Å². The van der Waals surface area contributed by atoms with Gasteiger partial charge in [0.2, 0.25) is 0 Å². The van der Waals surface area contributed by atoms with E-state index in [0.717, 1.165) is 41.7 Å². The molecular formula is C26H13F6N3O2S. The lowest BCUT2D eigenvalue weighted by Gasteiger charge is -2.26. The second-order valence-corrected chi connectivity index (χ2v) is 9.45. The Bertz CT molecular complexity index is 1580. The number of non-ortho nitro benzene ring substituents is 1. The summed E-state index contributed by atoms with van der Waals surface area (Å²) in [6.07, 6.45) is 0. The highest BCUT2D eigenvalue weighted by Gasteiger charge is 2.80. The van der Waals surface area contributed by atoms with Crippen molar-refractivity contribution in [2.45, 2.75) is 24.7 Å². The average Bonchev–Trinajstić information content (AvgIpc) is 3.30. The number of hydrogen-bond donors (Lipinski definition) is 0. The summed E-state index contributed by atoms with van der Waals surface area (Å²) in [5, 5.41) is 30.0.